The molecule has 0 saturated heterocycles. The zero-order chi connectivity index (χ0) is 13.5. The normalized spacial score (nSPS) is 18.2. The Balaban J connectivity index is 1.87. The number of rotatable bonds is 6. The van der Waals surface area contributed by atoms with Crippen molar-refractivity contribution in [2.45, 2.75) is 49.9 Å². The van der Waals surface area contributed by atoms with Crippen LogP contribution in [0.15, 0.2) is 24.3 Å². The van der Waals surface area contributed by atoms with Crippen molar-refractivity contribution >= 4 is 17.6 Å². The monoisotopic (exact) mass is 280 g/mol. The molecule has 0 aliphatic heterocycles. The fourth-order valence-electron chi connectivity index (χ4n) is 2.47. The second-order valence-corrected chi connectivity index (χ2v) is 6.31. The summed E-state index contributed by atoms with van der Waals surface area (Å²) in [6.07, 6.45) is 6.88. The molecule has 1 saturated carbocycles. The first-order chi connectivity index (χ1) is 9.29. The van der Waals surface area contributed by atoms with Gasteiger partial charge in [-0.3, -0.25) is 0 Å². The summed E-state index contributed by atoms with van der Waals surface area (Å²) in [6, 6.07) is 8.01. The molecule has 3 nitrogen and oxygen atoms in total. The molecule has 106 valence electrons. The van der Waals surface area contributed by atoms with E-state index < -0.39 is 6.10 Å². The topological polar surface area (TPSA) is 58.3 Å². The predicted molar refractivity (Wildman–Crippen MR) is 83.2 cm³/mol. The van der Waals surface area contributed by atoms with Gasteiger partial charge in [0.15, 0.2) is 0 Å². The van der Waals surface area contributed by atoms with Gasteiger partial charge >= 0.3 is 0 Å². The Labute approximate surface area is 120 Å². The van der Waals surface area contributed by atoms with Gasteiger partial charge in [0.2, 0.25) is 0 Å². The number of aliphatic hydroxyl groups is 1. The average molecular weight is 280 g/mol. The Morgan fingerprint density at radius 1 is 1.32 bits per heavy atom. The van der Waals surface area contributed by atoms with Gasteiger partial charge < -0.3 is 15.6 Å². The lowest BCUT2D eigenvalue weighted by molar-refractivity contribution is 0.170. The molecule has 1 aliphatic carbocycles. The van der Waals surface area contributed by atoms with E-state index in [1.807, 2.05) is 30.1 Å². The highest BCUT2D eigenvalue weighted by Gasteiger charge is 2.14. The molecule has 19 heavy (non-hydrogen) atoms. The third-order valence-corrected chi connectivity index (χ3v) is 4.77. The van der Waals surface area contributed by atoms with Crippen LogP contribution >= 0.6 is 11.9 Å². The Hall–Kier alpha value is -0.710. The van der Waals surface area contributed by atoms with Gasteiger partial charge in [0, 0.05) is 10.9 Å². The van der Waals surface area contributed by atoms with Crippen molar-refractivity contribution in [3.8, 4) is 0 Å². The maximum Gasteiger partial charge on any atom is 0.0802 e. The summed E-state index contributed by atoms with van der Waals surface area (Å²) in [6.45, 7) is 0.510. The molecular formula is C15H24N2OS. The smallest absolute Gasteiger partial charge is 0.0802 e. The number of anilines is 1. The Bertz CT molecular complexity index is 380. The molecule has 0 spiro atoms. The van der Waals surface area contributed by atoms with Crippen LogP contribution in [-0.4, -0.2) is 16.9 Å². The molecule has 0 amide bonds. The predicted octanol–water partition coefficient (Wildman–Crippen LogP) is 3.46. The van der Waals surface area contributed by atoms with Gasteiger partial charge in [-0.25, -0.2) is 0 Å². The summed E-state index contributed by atoms with van der Waals surface area (Å²) in [7, 11) is 0. The molecule has 1 aromatic rings. The highest BCUT2D eigenvalue weighted by Crippen LogP contribution is 2.29. The summed E-state index contributed by atoms with van der Waals surface area (Å²) in [4.78, 5) is 0. The van der Waals surface area contributed by atoms with Gasteiger partial charge in [-0.1, -0.05) is 31.4 Å². The van der Waals surface area contributed by atoms with Crippen LogP contribution in [0, 0.1) is 0 Å². The molecule has 1 fully saturated rings. The van der Waals surface area contributed by atoms with Crippen molar-refractivity contribution in [1.29, 1.82) is 0 Å². The minimum atomic E-state index is -0.452. The molecule has 1 unspecified atom stereocenters. The molecule has 4 heteroatoms. The summed E-state index contributed by atoms with van der Waals surface area (Å²) in [5.74, 6) is 0. The molecule has 1 atom stereocenters. The molecule has 1 aromatic carbocycles. The van der Waals surface area contributed by atoms with Crippen LogP contribution in [-0.2, 0) is 0 Å². The van der Waals surface area contributed by atoms with E-state index in [1.54, 1.807) is 0 Å². The first-order valence-corrected chi connectivity index (χ1v) is 8.07. The minimum Gasteiger partial charge on any atom is -0.388 e. The van der Waals surface area contributed by atoms with E-state index in [1.165, 1.54) is 32.1 Å². The van der Waals surface area contributed by atoms with Gasteiger partial charge in [-0.15, -0.1) is 0 Å². The van der Waals surface area contributed by atoms with Crippen LogP contribution in [0.1, 0.15) is 50.2 Å². The fraction of sp³-hybridized carbons (Fsp3) is 0.600. The van der Waals surface area contributed by atoms with Crippen molar-refractivity contribution in [3.05, 3.63) is 29.8 Å². The molecular weight excluding hydrogens is 256 g/mol. The standard InChI is InChI=1S/C15H24N2OS/c16-10-9-15(18)12-5-4-6-13(11-12)17-19-14-7-2-1-3-8-14/h4-6,11,14-15,17-18H,1-3,7-10,16H2. The number of benzene rings is 1. The number of aliphatic hydroxyl groups excluding tert-OH is 1. The van der Waals surface area contributed by atoms with Crippen LogP contribution in [0.2, 0.25) is 0 Å². The van der Waals surface area contributed by atoms with E-state index in [2.05, 4.69) is 10.8 Å². The minimum absolute atomic E-state index is 0.452. The van der Waals surface area contributed by atoms with E-state index in [0.29, 0.717) is 13.0 Å². The lowest BCUT2D eigenvalue weighted by atomic mass is 10.0. The Kier molecular flexibility index (Phi) is 6.01. The Morgan fingerprint density at radius 2 is 2.11 bits per heavy atom. The van der Waals surface area contributed by atoms with Crippen LogP contribution < -0.4 is 10.5 Å². The number of hydrogen-bond acceptors (Lipinski definition) is 4. The average Bonchev–Trinajstić information content (AvgIpc) is 2.47. The molecule has 0 aromatic heterocycles. The summed E-state index contributed by atoms with van der Waals surface area (Å²) in [5, 5.41) is 10.7. The zero-order valence-electron chi connectivity index (χ0n) is 11.3. The molecule has 1 aliphatic rings. The number of nitrogens with one attached hydrogen (secondary N) is 1. The third kappa shape index (κ3) is 4.71. The second-order valence-electron chi connectivity index (χ2n) is 5.20. The maximum atomic E-state index is 9.95. The van der Waals surface area contributed by atoms with Gasteiger partial charge in [-0.05, 0) is 55.5 Å². The Morgan fingerprint density at radius 3 is 2.84 bits per heavy atom. The van der Waals surface area contributed by atoms with E-state index in [0.717, 1.165) is 16.5 Å². The van der Waals surface area contributed by atoms with Gasteiger partial charge in [-0.2, -0.15) is 0 Å². The fourth-order valence-corrected chi connectivity index (χ4v) is 3.47. The van der Waals surface area contributed by atoms with E-state index in [4.69, 9.17) is 5.73 Å². The zero-order valence-corrected chi connectivity index (χ0v) is 12.2. The lowest BCUT2D eigenvalue weighted by Gasteiger charge is -2.21. The third-order valence-electron chi connectivity index (χ3n) is 3.61. The van der Waals surface area contributed by atoms with Crippen molar-refractivity contribution in [2.24, 2.45) is 5.73 Å². The molecule has 4 N–H and O–H groups in total. The SMILES string of the molecule is NCCC(O)c1cccc(NSC2CCCCC2)c1. The molecule has 0 bridgehead atoms. The largest absolute Gasteiger partial charge is 0.388 e. The summed E-state index contributed by atoms with van der Waals surface area (Å²) < 4.78 is 3.43. The van der Waals surface area contributed by atoms with Gasteiger partial charge in [0.1, 0.15) is 0 Å². The maximum absolute atomic E-state index is 9.95. The second kappa shape index (κ2) is 7.78. The van der Waals surface area contributed by atoms with E-state index >= 15 is 0 Å². The first kappa shape index (κ1) is 14.7. The quantitative estimate of drug-likeness (QED) is 0.698. The van der Waals surface area contributed by atoms with Crippen LogP contribution in [0.4, 0.5) is 5.69 Å². The van der Waals surface area contributed by atoms with E-state index in [-0.39, 0.29) is 0 Å². The number of hydrogen-bond donors (Lipinski definition) is 3. The lowest BCUT2D eigenvalue weighted by Crippen LogP contribution is -2.10. The van der Waals surface area contributed by atoms with Crippen molar-refractivity contribution in [3.63, 3.8) is 0 Å². The van der Waals surface area contributed by atoms with Crippen LogP contribution in [0.3, 0.4) is 0 Å². The number of nitrogens with two attached hydrogens (primary N) is 1. The van der Waals surface area contributed by atoms with Crippen LogP contribution in [0.25, 0.3) is 0 Å². The highest BCUT2D eigenvalue weighted by molar-refractivity contribution is 8.01. The van der Waals surface area contributed by atoms with E-state index in [9.17, 15) is 5.11 Å². The molecule has 2 rings (SSSR count). The first-order valence-electron chi connectivity index (χ1n) is 7.19. The van der Waals surface area contributed by atoms with Crippen LogP contribution in [0.5, 0.6) is 0 Å². The van der Waals surface area contributed by atoms with Gasteiger partial charge in [0.05, 0.1) is 6.10 Å². The molecule has 0 radical (unpaired) electrons. The molecule has 0 heterocycles. The van der Waals surface area contributed by atoms with Crippen molar-refractivity contribution < 1.29 is 5.11 Å². The van der Waals surface area contributed by atoms with Crippen molar-refractivity contribution in [1.82, 2.24) is 0 Å². The summed E-state index contributed by atoms with van der Waals surface area (Å²) in [5.41, 5.74) is 7.50. The summed E-state index contributed by atoms with van der Waals surface area (Å²) >= 11 is 1.83. The van der Waals surface area contributed by atoms with Gasteiger partial charge in [0.25, 0.3) is 0 Å². The highest BCUT2D eigenvalue weighted by atomic mass is 32.2. The van der Waals surface area contributed by atoms with Crippen molar-refractivity contribution in [2.75, 3.05) is 11.3 Å².